The molecule has 0 aliphatic heterocycles. The standard InChI is InChI=1S/C16H15N3O4S/c1-23-13-7-3-5-11(14(13)20)9-17-19-16(24)18-12-6-2-4-10(8-12)15(21)22/h2-9,20H,1H3,(H,21,22)(H2,18,19,24)/b17-9-. The van der Waals surface area contributed by atoms with Gasteiger partial charge in [-0.1, -0.05) is 12.1 Å². The zero-order chi connectivity index (χ0) is 17.5. The summed E-state index contributed by atoms with van der Waals surface area (Å²) in [5.41, 5.74) is 3.71. The fourth-order valence-corrected chi connectivity index (χ4v) is 2.03. The zero-order valence-electron chi connectivity index (χ0n) is 12.7. The van der Waals surface area contributed by atoms with Crippen molar-refractivity contribution in [2.75, 3.05) is 12.4 Å². The van der Waals surface area contributed by atoms with Crippen molar-refractivity contribution in [1.29, 1.82) is 0 Å². The molecule has 0 unspecified atom stereocenters. The number of ether oxygens (including phenoxy) is 1. The van der Waals surface area contributed by atoms with Crippen molar-refractivity contribution in [3.05, 3.63) is 53.6 Å². The number of hydrogen-bond acceptors (Lipinski definition) is 5. The molecular formula is C16H15N3O4S. The Kier molecular flexibility index (Phi) is 5.69. The van der Waals surface area contributed by atoms with Gasteiger partial charge in [0.2, 0.25) is 0 Å². The van der Waals surface area contributed by atoms with Crippen molar-refractivity contribution in [2.45, 2.75) is 0 Å². The molecule has 2 rings (SSSR count). The molecule has 0 bridgehead atoms. The highest BCUT2D eigenvalue weighted by molar-refractivity contribution is 7.80. The van der Waals surface area contributed by atoms with Crippen LogP contribution in [0.3, 0.4) is 0 Å². The predicted octanol–water partition coefficient (Wildman–Crippen LogP) is 2.42. The van der Waals surface area contributed by atoms with Crippen LogP contribution in [0.2, 0.25) is 0 Å². The lowest BCUT2D eigenvalue weighted by molar-refractivity contribution is 0.0697. The van der Waals surface area contributed by atoms with Crippen LogP contribution >= 0.6 is 12.2 Å². The molecule has 0 fully saturated rings. The zero-order valence-corrected chi connectivity index (χ0v) is 13.5. The number of carbonyl (C=O) groups is 1. The largest absolute Gasteiger partial charge is 0.504 e. The van der Waals surface area contributed by atoms with Gasteiger partial charge in [0.15, 0.2) is 16.6 Å². The van der Waals surface area contributed by atoms with Gasteiger partial charge in [-0.05, 0) is 42.5 Å². The van der Waals surface area contributed by atoms with E-state index in [1.165, 1.54) is 25.5 Å². The van der Waals surface area contributed by atoms with E-state index in [9.17, 15) is 9.90 Å². The molecule has 8 heteroatoms. The summed E-state index contributed by atoms with van der Waals surface area (Å²) in [6, 6.07) is 11.2. The fourth-order valence-electron chi connectivity index (χ4n) is 1.86. The molecule has 124 valence electrons. The molecule has 24 heavy (non-hydrogen) atoms. The number of phenolic OH excluding ortho intramolecular Hbond substituents is 1. The third kappa shape index (κ3) is 4.43. The van der Waals surface area contributed by atoms with Crippen LogP contribution in [0.1, 0.15) is 15.9 Å². The molecular weight excluding hydrogens is 330 g/mol. The number of anilines is 1. The maximum Gasteiger partial charge on any atom is 0.335 e. The summed E-state index contributed by atoms with van der Waals surface area (Å²) in [6.07, 6.45) is 1.39. The van der Waals surface area contributed by atoms with Crippen LogP contribution < -0.4 is 15.5 Å². The van der Waals surface area contributed by atoms with E-state index in [4.69, 9.17) is 22.1 Å². The molecule has 4 N–H and O–H groups in total. The molecule has 0 radical (unpaired) electrons. The molecule has 7 nitrogen and oxygen atoms in total. The van der Waals surface area contributed by atoms with Gasteiger partial charge in [0.1, 0.15) is 0 Å². The van der Waals surface area contributed by atoms with Gasteiger partial charge in [0.25, 0.3) is 0 Å². The van der Waals surface area contributed by atoms with Gasteiger partial charge in [-0.2, -0.15) is 5.10 Å². The molecule has 0 saturated heterocycles. The number of aromatic hydroxyl groups is 1. The van der Waals surface area contributed by atoms with Gasteiger partial charge in [-0.25, -0.2) is 4.79 Å². The summed E-state index contributed by atoms with van der Waals surface area (Å²) < 4.78 is 5.00. The Morgan fingerprint density at radius 2 is 2.04 bits per heavy atom. The maximum atomic E-state index is 10.9. The second kappa shape index (κ2) is 7.93. The molecule has 0 aromatic heterocycles. The third-order valence-electron chi connectivity index (χ3n) is 2.99. The van der Waals surface area contributed by atoms with Crippen molar-refractivity contribution < 1.29 is 19.7 Å². The highest BCUT2D eigenvalue weighted by Crippen LogP contribution is 2.27. The van der Waals surface area contributed by atoms with Gasteiger partial charge in [0.05, 0.1) is 18.9 Å². The average molecular weight is 345 g/mol. The number of nitrogens with one attached hydrogen (secondary N) is 2. The molecule has 2 aromatic rings. The topological polar surface area (TPSA) is 103 Å². The van der Waals surface area contributed by atoms with E-state index >= 15 is 0 Å². The third-order valence-corrected chi connectivity index (χ3v) is 3.18. The van der Waals surface area contributed by atoms with Crippen molar-refractivity contribution in [1.82, 2.24) is 5.43 Å². The van der Waals surface area contributed by atoms with Crippen LogP contribution in [0.5, 0.6) is 11.5 Å². The lowest BCUT2D eigenvalue weighted by Gasteiger charge is -2.08. The Bertz CT molecular complexity index is 793. The van der Waals surface area contributed by atoms with Crippen LogP contribution in [-0.2, 0) is 0 Å². The Labute approximate surface area is 143 Å². The monoisotopic (exact) mass is 345 g/mol. The lowest BCUT2D eigenvalue weighted by atomic mass is 10.2. The molecule has 2 aromatic carbocycles. The number of hydrogen-bond donors (Lipinski definition) is 4. The number of carboxylic acid groups (broad SMARTS) is 1. The Morgan fingerprint density at radius 1 is 1.29 bits per heavy atom. The van der Waals surface area contributed by atoms with Gasteiger partial charge in [0, 0.05) is 11.3 Å². The summed E-state index contributed by atoms with van der Waals surface area (Å²) >= 11 is 5.07. The minimum atomic E-state index is -1.02. The van der Waals surface area contributed by atoms with Gasteiger partial charge in [-0.15, -0.1) is 0 Å². The first-order chi connectivity index (χ1) is 11.5. The van der Waals surface area contributed by atoms with Crippen molar-refractivity contribution in [3.8, 4) is 11.5 Å². The van der Waals surface area contributed by atoms with E-state index in [0.717, 1.165) is 0 Å². The van der Waals surface area contributed by atoms with Crippen LogP contribution in [-0.4, -0.2) is 34.6 Å². The molecule has 0 saturated carbocycles. The summed E-state index contributed by atoms with van der Waals surface area (Å²) in [5, 5.41) is 25.8. The highest BCUT2D eigenvalue weighted by Gasteiger charge is 2.05. The SMILES string of the molecule is COc1cccc(/C=N\NC(=S)Nc2cccc(C(=O)O)c2)c1O. The first-order valence-corrected chi connectivity index (χ1v) is 7.21. The molecule has 0 spiro atoms. The Balaban J connectivity index is 1.98. The minimum absolute atomic E-state index is 0.0291. The van der Waals surface area contributed by atoms with Crippen LogP contribution in [0.4, 0.5) is 5.69 Å². The fraction of sp³-hybridized carbons (Fsp3) is 0.0625. The average Bonchev–Trinajstić information content (AvgIpc) is 2.56. The van der Waals surface area contributed by atoms with E-state index in [-0.39, 0.29) is 16.4 Å². The molecule has 0 aliphatic rings. The molecule has 0 atom stereocenters. The number of hydrazone groups is 1. The number of nitrogens with zero attached hydrogens (tertiary/aromatic N) is 1. The van der Waals surface area contributed by atoms with Gasteiger partial charge in [-0.3, -0.25) is 5.43 Å². The summed E-state index contributed by atoms with van der Waals surface area (Å²) in [5.74, 6) is -0.715. The summed E-state index contributed by atoms with van der Waals surface area (Å²) in [6.45, 7) is 0. The number of methoxy groups -OCH3 is 1. The van der Waals surface area contributed by atoms with Crippen molar-refractivity contribution in [3.63, 3.8) is 0 Å². The number of para-hydroxylation sites is 1. The first kappa shape index (κ1) is 17.2. The molecule has 0 amide bonds. The van der Waals surface area contributed by atoms with E-state index in [1.807, 2.05) is 0 Å². The Hall–Kier alpha value is -3.13. The predicted molar refractivity (Wildman–Crippen MR) is 95.0 cm³/mol. The molecule has 0 aliphatic carbocycles. The van der Waals surface area contributed by atoms with E-state index in [1.54, 1.807) is 30.3 Å². The quantitative estimate of drug-likeness (QED) is 0.375. The number of thiocarbonyl (C=S) groups is 1. The van der Waals surface area contributed by atoms with E-state index < -0.39 is 5.97 Å². The highest BCUT2D eigenvalue weighted by atomic mass is 32.1. The number of phenols is 1. The Morgan fingerprint density at radius 3 is 2.75 bits per heavy atom. The number of benzene rings is 2. The first-order valence-electron chi connectivity index (χ1n) is 6.80. The maximum absolute atomic E-state index is 10.9. The van der Waals surface area contributed by atoms with Crippen molar-refractivity contribution >= 4 is 35.2 Å². The number of carboxylic acids is 1. The van der Waals surface area contributed by atoms with Gasteiger partial charge >= 0.3 is 5.97 Å². The van der Waals surface area contributed by atoms with E-state index in [0.29, 0.717) is 17.0 Å². The normalized spacial score (nSPS) is 10.4. The smallest absolute Gasteiger partial charge is 0.335 e. The van der Waals surface area contributed by atoms with Crippen molar-refractivity contribution in [2.24, 2.45) is 5.10 Å². The van der Waals surface area contributed by atoms with Crippen LogP contribution in [0.25, 0.3) is 0 Å². The number of rotatable bonds is 5. The second-order valence-electron chi connectivity index (χ2n) is 4.61. The summed E-state index contributed by atoms with van der Waals surface area (Å²) in [4.78, 5) is 10.9. The molecule has 0 heterocycles. The summed E-state index contributed by atoms with van der Waals surface area (Å²) in [7, 11) is 1.46. The lowest BCUT2D eigenvalue weighted by Crippen LogP contribution is -2.24. The second-order valence-corrected chi connectivity index (χ2v) is 5.02. The van der Waals surface area contributed by atoms with Gasteiger partial charge < -0.3 is 20.3 Å². The van der Waals surface area contributed by atoms with E-state index in [2.05, 4.69) is 15.8 Å². The van der Waals surface area contributed by atoms with Crippen LogP contribution in [0, 0.1) is 0 Å². The van der Waals surface area contributed by atoms with Crippen LogP contribution in [0.15, 0.2) is 47.6 Å². The minimum Gasteiger partial charge on any atom is -0.504 e. The number of aromatic carboxylic acids is 1.